The van der Waals surface area contributed by atoms with Crippen molar-refractivity contribution < 1.29 is 24.0 Å². The van der Waals surface area contributed by atoms with E-state index in [0.717, 1.165) is 11.2 Å². The van der Waals surface area contributed by atoms with Crippen LogP contribution in [0.2, 0.25) is 0 Å². The zero-order chi connectivity index (χ0) is 22.0. The molecule has 0 spiro atoms. The summed E-state index contributed by atoms with van der Waals surface area (Å²) in [5.41, 5.74) is 1.01. The Morgan fingerprint density at radius 3 is 2.32 bits per heavy atom. The van der Waals surface area contributed by atoms with Gasteiger partial charge in [0.15, 0.2) is 11.5 Å². The van der Waals surface area contributed by atoms with Crippen LogP contribution in [0.25, 0.3) is 0 Å². The lowest BCUT2D eigenvalue weighted by Gasteiger charge is -2.10. The number of fused-ring (bicyclic) bond motifs is 1. The molecular weight excluding hydrogens is 404 g/mol. The van der Waals surface area contributed by atoms with Gasteiger partial charge in [-0.3, -0.25) is 19.7 Å². The molecule has 10 heteroatoms. The molecule has 0 N–H and O–H groups in total. The number of benzene rings is 2. The van der Waals surface area contributed by atoms with E-state index in [0.29, 0.717) is 28.2 Å². The maximum atomic E-state index is 12.4. The van der Waals surface area contributed by atoms with Crippen molar-refractivity contribution in [1.82, 2.24) is 9.99 Å². The van der Waals surface area contributed by atoms with Gasteiger partial charge in [0.1, 0.15) is 6.20 Å². The van der Waals surface area contributed by atoms with E-state index in [9.17, 15) is 19.7 Å². The number of carbonyl (C=O) groups is 2. The van der Waals surface area contributed by atoms with Gasteiger partial charge < -0.3 is 9.47 Å². The second-order valence-corrected chi connectivity index (χ2v) is 6.34. The summed E-state index contributed by atoms with van der Waals surface area (Å²) in [5, 5.41) is 15.5. The van der Waals surface area contributed by atoms with E-state index < -0.39 is 16.7 Å². The summed E-state index contributed by atoms with van der Waals surface area (Å²) < 4.78 is 10.9. The van der Waals surface area contributed by atoms with Gasteiger partial charge in [-0.05, 0) is 35.9 Å². The third-order valence-electron chi connectivity index (χ3n) is 4.43. The lowest BCUT2D eigenvalue weighted by atomic mass is 10.1. The number of hydrazone groups is 1. The van der Waals surface area contributed by atoms with Gasteiger partial charge in [0, 0.05) is 12.1 Å². The minimum Gasteiger partial charge on any atom is -0.493 e. The Kier molecular flexibility index (Phi) is 5.10. The summed E-state index contributed by atoms with van der Waals surface area (Å²) in [6.45, 7) is 0. The van der Waals surface area contributed by atoms with Crippen LogP contribution in [-0.4, -0.2) is 40.1 Å². The molecule has 1 aromatic heterocycles. The van der Waals surface area contributed by atoms with E-state index in [1.54, 1.807) is 42.5 Å². The van der Waals surface area contributed by atoms with E-state index in [-0.39, 0.29) is 11.6 Å². The number of carbonyl (C=O) groups excluding carboxylic acids is 2. The van der Waals surface area contributed by atoms with E-state index in [1.165, 1.54) is 25.5 Å². The van der Waals surface area contributed by atoms with Crippen LogP contribution in [0.15, 0.2) is 65.9 Å². The Hall–Kier alpha value is -4.60. The van der Waals surface area contributed by atoms with E-state index >= 15 is 0 Å². The Labute approximate surface area is 175 Å². The quantitative estimate of drug-likeness (QED) is 0.260. The predicted molar refractivity (Wildman–Crippen MR) is 108 cm³/mol. The first kappa shape index (κ1) is 19.7. The van der Waals surface area contributed by atoms with Crippen molar-refractivity contribution in [1.29, 1.82) is 0 Å². The van der Waals surface area contributed by atoms with Gasteiger partial charge in [-0.25, -0.2) is 4.98 Å². The Bertz CT molecular complexity index is 1190. The highest BCUT2D eigenvalue weighted by Gasteiger charge is 2.35. The van der Waals surface area contributed by atoms with Crippen LogP contribution in [0, 0.1) is 10.1 Å². The molecular formula is C21H14N4O6. The van der Waals surface area contributed by atoms with E-state index in [4.69, 9.17) is 9.47 Å². The molecule has 10 nitrogen and oxygen atoms in total. The van der Waals surface area contributed by atoms with Gasteiger partial charge in [0.2, 0.25) is 5.88 Å². The van der Waals surface area contributed by atoms with Crippen molar-refractivity contribution in [2.75, 3.05) is 7.11 Å². The smallest absolute Gasteiger partial charge is 0.287 e. The second kappa shape index (κ2) is 8.03. The van der Waals surface area contributed by atoms with Gasteiger partial charge in [-0.2, -0.15) is 10.1 Å². The molecule has 154 valence electrons. The Morgan fingerprint density at radius 2 is 1.74 bits per heavy atom. The number of nitrogens with zero attached hydrogens (tertiary/aromatic N) is 4. The van der Waals surface area contributed by atoms with E-state index in [1.807, 2.05) is 0 Å². The van der Waals surface area contributed by atoms with Crippen LogP contribution in [0.5, 0.6) is 17.4 Å². The molecule has 2 amide bonds. The van der Waals surface area contributed by atoms with Crippen molar-refractivity contribution in [2.24, 2.45) is 5.10 Å². The third kappa shape index (κ3) is 3.81. The summed E-state index contributed by atoms with van der Waals surface area (Å²) in [4.78, 5) is 38.8. The third-order valence-corrected chi connectivity index (χ3v) is 4.43. The first-order valence-electron chi connectivity index (χ1n) is 8.96. The first-order chi connectivity index (χ1) is 15.0. The molecule has 2 aromatic carbocycles. The van der Waals surface area contributed by atoms with Crippen LogP contribution in [0.3, 0.4) is 0 Å². The van der Waals surface area contributed by atoms with Crippen molar-refractivity contribution >= 4 is 23.7 Å². The van der Waals surface area contributed by atoms with Gasteiger partial charge in [-0.1, -0.05) is 12.1 Å². The number of nitro groups is 1. The van der Waals surface area contributed by atoms with Crippen molar-refractivity contribution in [2.45, 2.75) is 0 Å². The van der Waals surface area contributed by atoms with Crippen LogP contribution in [-0.2, 0) is 0 Å². The van der Waals surface area contributed by atoms with Crippen molar-refractivity contribution in [3.05, 3.63) is 87.6 Å². The molecule has 0 unspecified atom stereocenters. The van der Waals surface area contributed by atoms with Gasteiger partial charge in [0.25, 0.3) is 17.5 Å². The number of methoxy groups -OCH3 is 1. The minimum atomic E-state index is -0.556. The Morgan fingerprint density at radius 1 is 1.03 bits per heavy atom. The molecule has 4 rings (SSSR count). The molecule has 0 atom stereocenters. The fourth-order valence-electron chi connectivity index (χ4n) is 2.91. The summed E-state index contributed by atoms with van der Waals surface area (Å²) in [6, 6.07) is 14.0. The van der Waals surface area contributed by atoms with Crippen LogP contribution >= 0.6 is 0 Å². The van der Waals surface area contributed by atoms with E-state index in [2.05, 4.69) is 10.1 Å². The highest BCUT2D eigenvalue weighted by Crippen LogP contribution is 2.32. The van der Waals surface area contributed by atoms with Crippen LogP contribution < -0.4 is 9.47 Å². The second-order valence-electron chi connectivity index (χ2n) is 6.34. The number of hydrogen-bond donors (Lipinski definition) is 0. The first-order valence-corrected chi connectivity index (χ1v) is 8.96. The van der Waals surface area contributed by atoms with Crippen molar-refractivity contribution in [3.63, 3.8) is 0 Å². The average Bonchev–Trinajstić information content (AvgIpc) is 3.03. The topological polar surface area (TPSA) is 124 Å². The lowest BCUT2D eigenvalue weighted by molar-refractivity contribution is -0.385. The highest BCUT2D eigenvalue weighted by atomic mass is 16.6. The summed E-state index contributed by atoms with van der Waals surface area (Å²) in [7, 11) is 1.44. The predicted octanol–water partition coefficient (Wildman–Crippen LogP) is 3.42. The summed E-state index contributed by atoms with van der Waals surface area (Å²) in [6.07, 6.45) is 2.45. The maximum absolute atomic E-state index is 12.4. The normalized spacial score (nSPS) is 12.9. The fourth-order valence-corrected chi connectivity index (χ4v) is 2.91. The molecule has 2 heterocycles. The highest BCUT2D eigenvalue weighted by molar-refractivity contribution is 6.21. The van der Waals surface area contributed by atoms with Gasteiger partial charge in [-0.15, -0.1) is 0 Å². The average molecular weight is 418 g/mol. The fraction of sp³-hybridized carbons (Fsp3) is 0.0476. The lowest BCUT2D eigenvalue weighted by Crippen LogP contribution is -2.23. The Balaban J connectivity index is 1.53. The molecule has 0 saturated heterocycles. The van der Waals surface area contributed by atoms with Crippen LogP contribution in [0.1, 0.15) is 26.3 Å². The van der Waals surface area contributed by atoms with Crippen molar-refractivity contribution in [3.8, 4) is 17.4 Å². The number of rotatable bonds is 6. The number of pyridine rings is 1. The molecule has 31 heavy (non-hydrogen) atoms. The SMILES string of the molecule is COc1cc(/C=N\N2C(=O)c3ccccc3C2=O)ccc1Oc1ccc([N+](=O)[O-])cn1. The molecule has 1 aliphatic rings. The molecule has 0 aliphatic carbocycles. The van der Waals surface area contributed by atoms with Gasteiger partial charge in [0.05, 0.1) is 29.4 Å². The van der Waals surface area contributed by atoms with Crippen LogP contribution in [0.4, 0.5) is 5.69 Å². The summed E-state index contributed by atoms with van der Waals surface area (Å²) in [5.74, 6) is -0.175. The molecule has 3 aromatic rings. The summed E-state index contributed by atoms with van der Waals surface area (Å²) >= 11 is 0. The number of aromatic nitrogens is 1. The largest absolute Gasteiger partial charge is 0.493 e. The standard InChI is InChI=1S/C21H14N4O6/c1-30-18-10-13(6-8-17(18)31-19-9-7-14(12-22-19)25(28)29)11-23-24-20(26)15-4-2-3-5-16(15)21(24)27/h2-12H,1H3/b23-11-. The number of hydrogen-bond acceptors (Lipinski definition) is 8. The maximum Gasteiger partial charge on any atom is 0.287 e. The molecule has 1 aliphatic heterocycles. The number of ether oxygens (including phenoxy) is 2. The molecule has 0 fully saturated rings. The number of imide groups is 1. The minimum absolute atomic E-state index is 0.149. The zero-order valence-electron chi connectivity index (χ0n) is 16.1. The molecule has 0 saturated carbocycles. The number of amides is 2. The molecule has 0 bridgehead atoms. The monoisotopic (exact) mass is 418 g/mol. The molecule has 0 radical (unpaired) electrons. The van der Waals surface area contributed by atoms with Gasteiger partial charge >= 0.3 is 0 Å². The zero-order valence-corrected chi connectivity index (χ0v) is 16.1.